The molecule has 2 saturated heterocycles. The molecule has 0 amide bonds. The van der Waals surface area contributed by atoms with Crippen LogP contribution < -0.4 is 4.72 Å². The molecule has 1 unspecified atom stereocenters. The summed E-state index contributed by atoms with van der Waals surface area (Å²) in [5.41, 5.74) is 1.16. The van der Waals surface area contributed by atoms with Crippen LogP contribution in [0.1, 0.15) is 44.6 Å². The Labute approximate surface area is 156 Å². The van der Waals surface area contributed by atoms with Crippen LogP contribution in [0.4, 0.5) is 0 Å². The summed E-state index contributed by atoms with van der Waals surface area (Å²) in [4.78, 5) is 2.98. The molecule has 0 radical (unpaired) electrons. The largest absolute Gasteiger partial charge is 0.300 e. The van der Waals surface area contributed by atoms with E-state index >= 15 is 0 Å². The standard InChI is InChI=1S/C19H30N2O2S2/c1-15(2)17-3-5-19(6-4-17)25(22,23)20-13-16-7-10-21(11-8-16)18-9-12-24-14-18/h3-6,15-16,18,20H,7-14H2,1-2H3. The molecule has 2 fully saturated rings. The zero-order valence-electron chi connectivity index (χ0n) is 15.3. The number of sulfonamides is 1. The summed E-state index contributed by atoms with van der Waals surface area (Å²) in [5, 5.41) is 0. The Bertz CT molecular complexity index is 645. The summed E-state index contributed by atoms with van der Waals surface area (Å²) >= 11 is 2.06. The third-order valence-electron chi connectivity index (χ3n) is 5.49. The first-order valence-electron chi connectivity index (χ1n) is 9.37. The molecule has 1 aromatic carbocycles. The van der Waals surface area contributed by atoms with Crippen molar-refractivity contribution >= 4 is 21.8 Å². The number of hydrogen-bond acceptors (Lipinski definition) is 4. The molecule has 0 saturated carbocycles. The molecule has 6 heteroatoms. The van der Waals surface area contributed by atoms with E-state index in [1.165, 1.54) is 17.9 Å². The van der Waals surface area contributed by atoms with Crippen LogP contribution in [0.15, 0.2) is 29.2 Å². The first kappa shape index (κ1) is 19.2. The van der Waals surface area contributed by atoms with Gasteiger partial charge in [-0.25, -0.2) is 13.1 Å². The van der Waals surface area contributed by atoms with E-state index < -0.39 is 10.0 Å². The summed E-state index contributed by atoms with van der Waals surface area (Å²) in [6, 6.07) is 8.02. The molecule has 2 aliphatic rings. The van der Waals surface area contributed by atoms with E-state index in [0.29, 0.717) is 23.3 Å². The first-order chi connectivity index (χ1) is 12.0. The molecule has 3 rings (SSSR count). The molecule has 0 aliphatic carbocycles. The third kappa shape index (κ3) is 5.00. The zero-order chi connectivity index (χ0) is 17.9. The van der Waals surface area contributed by atoms with Gasteiger partial charge in [0, 0.05) is 18.3 Å². The average Bonchev–Trinajstić information content (AvgIpc) is 3.15. The number of thioether (sulfide) groups is 1. The average molecular weight is 383 g/mol. The second kappa shape index (κ2) is 8.42. The molecular weight excluding hydrogens is 352 g/mol. The Morgan fingerprint density at radius 2 is 1.84 bits per heavy atom. The molecule has 0 aromatic heterocycles. The van der Waals surface area contributed by atoms with E-state index in [-0.39, 0.29) is 0 Å². The Morgan fingerprint density at radius 1 is 1.16 bits per heavy atom. The predicted octanol–water partition coefficient (Wildman–Crippen LogP) is 3.31. The highest BCUT2D eigenvalue weighted by Crippen LogP contribution is 2.27. The lowest BCUT2D eigenvalue weighted by atomic mass is 9.96. The maximum absolute atomic E-state index is 12.5. The normalized spacial score (nSPS) is 23.4. The number of hydrogen-bond donors (Lipinski definition) is 1. The lowest BCUT2D eigenvalue weighted by Gasteiger charge is -2.35. The van der Waals surface area contributed by atoms with Crippen molar-refractivity contribution in [3.8, 4) is 0 Å². The summed E-state index contributed by atoms with van der Waals surface area (Å²) in [6.07, 6.45) is 3.50. The van der Waals surface area contributed by atoms with Crippen LogP contribution in [-0.2, 0) is 10.0 Å². The Balaban J connectivity index is 1.49. The van der Waals surface area contributed by atoms with Gasteiger partial charge >= 0.3 is 0 Å². The SMILES string of the molecule is CC(C)c1ccc(S(=O)(=O)NCC2CCN(C3CCSC3)CC2)cc1. The second-order valence-corrected chi connectivity index (χ2v) is 10.5. The summed E-state index contributed by atoms with van der Waals surface area (Å²) in [6.45, 7) is 7.00. The van der Waals surface area contributed by atoms with E-state index in [0.717, 1.165) is 37.5 Å². The number of nitrogens with zero attached hydrogens (tertiary/aromatic N) is 1. The molecule has 4 nitrogen and oxygen atoms in total. The zero-order valence-corrected chi connectivity index (χ0v) is 16.9. The van der Waals surface area contributed by atoms with Gasteiger partial charge in [0.1, 0.15) is 0 Å². The molecule has 0 bridgehead atoms. The molecular formula is C19H30N2O2S2. The minimum atomic E-state index is -3.40. The Hall–Kier alpha value is -0.560. The van der Waals surface area contributed by atoms with Gasteiger partial charge in [0.2, 0.25) is 10.0 Å². The fourth-order valence-electron chi connectivity index (χ4n) is 3.68. The Kier molecular flexibility index (Phi) is 6.47. The number of piperidine rings is 1. The smallest absolute Gasteiger partial charge is 0.240 e. The molecule has 140 valence electrons. The van der Waals surface area contributed by atoms with Crippen molar-refractivity contribution in [2.75, 3.05) is 31.1 Å². The fraction of sp³-hybridized carbons (Fsp3) is 0.684. The van der Waals surface area contributed by atoms with Crippen molar-refractivity contribution in [1.29, 1.82) is 0 Å². The highest BCUT2D eigenvalue weighted by molar-refractivity contribution is 7.99. The maximum atomic E-state index is 12.5. The quantitative estimate of drug-likeness (QED) is 0.820. The van der Waals surface area contributed by atoms with Crippen molar-refractivity contribution < 1.29 is 8.42 Å². The fourth-order valence-corrected chi connectivity index (χ4v) is 6.05. The van der Waals surface area contributed by atoms with E-state index in [4.69, 9.17) is 0 Å². The molecule has 2 aliphatic heterocycles. The molecule has 0 spiro atoms. The van der Waals surface area contributed by atoms with Crippen LogP contribution in [0.2, 0.25) is 0 Å². The molecule has 2 heterocycles. The summed E-state index contributed by atoms with van der Waals surface area (Å²) in [5.74, 6) is 3.42. The highest BCUT2D eigenvalue weighted by Gasteiger charge is 2.28. The monoisotopic (exact) mass is 382 g/mol. The van der Waals surface area contributed by atoms with Crippen molar-refractivity contribution in [1.82, 2.24) is 9.62 Å². The van der Waals surface area contributed by atoms with Crippen LogP contribution in [0.5, 0.6) is 0 Å². The first-order valence-corrected chi connectivity index (χ1v) is 12.0. The second-order valence-electron chi connectivity index (χ2n) is 7.57. The van der Waals surface area contributed by atoms with E-state index in [1.54, 1.807) is 12.1 Å². The molecule has 1 N–H and O–H groups in total. The van der Waals surface area contributed by atoms with E-state index in [9.17, 15) is 8.42 Å². The highest BCUT2D eigenvalue weighted by atomic mass is 32.2. The van der Waals surface area contributed by atoms with Crippen LogP contribution in [0.25, 0.3) is 0 Å². The molecule has 1 atom stereocenters. The number of rotatable bonds is 6. The van der Waals surface area contributed by atoms with Gasteiger partial charge in [0.15, 0.2) is 0 Å². The van der Waals surface area contributed by atoms with Gasteiger partial charge in [-0.2, -0.15) is 11.8 Å². The molecule has 1 aromatic rings. The summed E-state index contributed by atoms with van der Waals surface area (Å²) < 4.78 is 27.8. The Morgan fingerprint density at radius 3 is 2.40 bits per heavy atom. The van der Waals surface area contributed by atoms with Crippen LogP contribution in [-0.4, -0.2) is 50.5 Å². The van der Waals surface area contributed by atoms with Gasteiger partial charge in [-0.3, -0.25) is 4.90 Å². The minimum absolute atomic E-state index is 0.373. The van der Waals surface area contributed by atoms with Crippen molar-refractivity contribution in [2.45, 2.75) is 50.0 Å². The van der Waals surface area contributed by atoms with E-state index in [2.05, 4.69) is 35.2 Å². The van der Waals surface area contributed by atoms with Crippen molar-refractivity contribution in [2.24, 2.45) is 5.92 Å². The van der Waals surface area contributed by atoms with Crippen LogP contribution in [0, 0.1) is 5.92 Å². The molecule has 25 heavy (non-hydrogen) atoms. The van der Waals surface area contributed by atoms with Gasteiger partial charge in [-0.15, -0.1) is 0 Å². The number of nitrogens with one attached hydrogen (secondary N) is 1. The lowest BCUT2D eigenvalue weighted by Crippen LogP contribution is -2.43. The van der Waals surface area contributed by atoms with Gasteiger partial charge < -0.3 is 0 Å². The van der Waals surface area contributed by atoms with Gasteiger partial charge in [-0.05, 0) is 67.6 Å². The number of likely N-dealkylation sites (tertiary alicyclic amines) is 1. The van der Waals surface area contributed by atoms with Crippen LogP contribution >= 0.6 is 11.8 Å². The maximum Gasteiger partial charge on any atom is 0.240 e. The van der Waals surface area contributed by atoms with Gasteiger partial charge in [-0.1, -0.05) is 26.0 Å². The number of benzene rings is 1. The summed E-state index contributed by atoms with van der Waals surface area (Å²) in [7, 11) is -3.40. The topological polar surface area (TPSA) is 49.4 Å². The lowest BCUT2D eigenvalue weighted by molar-refractivity contribution is 0.145. The van der Waals surface area contributed by atoms with Crippen LogP contribution in [0.3, 0.4) is 0 Å². The van der Waals surface area contributed by atoms with Gasteiger partial charge in [0.25, 0.3) is 0 Å². The minimum Gasteiger partial charge on any atom is -0.300 e. The van der Waals surface area contributed by atoms with Gasteiger partial charge in [0.05, 0.1) is 4.90 Å². The predicted molar refractivity (Wildman–Crippen MR) is 106 cm³/mol. The van der Waals surface area contributed by atoms with Crippen molar-refractivity contribution in [3.05, 3.63) is 29.8 Å². The van der Waals surface area contributed by atoms with E-state index in [1.807, 2.05) is 12.1 Å². The van der Waals surface area contributed by atoms with Crippen molar-refractivity contribution in [3.63, 3.8) is 0 Å². The third-order valence-corrected chi connectivity index (χ3v) is 8.07.